The molecule has 1 N–H and O–H groups in total. The fraction of sp³-hybridized carbons (Fsp3) is 0.722. The van der Waals surface area contributed by atoms with Crippen molar-refractivity contribution < 1.29 is 4.79 Å². The van der Waals surface area contributed by atoms with Gasteiger partial charge in [0.2, 0.25) is 5.91 Å². The van der Waals surface area contributed by atoms with Crippen LogP contribution in [0.15, 0.2) is 12.4 Å². The van der Waals surface area contributed by atoms with Crippen LogP contribution in [-0.4, -0.2) is 39.9 Å². The lowest BCUT2D eigenvalue weighted by atomic mass is 9.79. The molecule has 1 aromatic rings. The van der Waals surface area contributed by atoms with Gasteiger partial charge < -0.3 is 10.2 Å². The van der Waals surface area contributed by atoms with E-state index in [1.54, 1.807) is 6.33 Å². The van der Waals surface area contributed by atoms with Gasteiger partial charge in [-0.15, -0.1) is 0 Å². The standard InChI is InChI=1S/C18H28N4O/c1-18(2,3)15-11-16(20-12-19-15)21-14-9-13(10-14)17(23)22-7-5-4-6-8-22/h11-14H,4-10H2,1-3H3,(H,19,20,21). The summed E-state index contributed by atoms with van der Waals surface area (Å²) in [7, 11) is 0. The maximum atomic E-state index is 12.4. The number of nitrogens with one attached hydrogen (secondary N) is 1. The van der Waals surface area contributed by atoms with Gasteiger partial charge >= 0.3 is 0 Å². The van der Waals surface area contributed by atoms with E-state index >= 15 is 0 Å². The molecule has 0 aromatic carbocycles. The largest absolute Gasteiger partial charge is 0.367 e. The molecule has 5 heteroatoms. The fourth-order valence-corrected chi connectivity index (χ4v) is 3.37. The number of amides is 1. The molecule has 0 atom stereocenters. The average Bonchev–Trinajstić information content (AvgIpc) is 2.50. The summed E-state index contributed by atoms with van der Waals surface area (Å²) in [4.78, 5) is 23.2. The van der Waals surface area contributed by atoms with E-state index in [1.165, 1.54) is 6.42 Å². The summed E-state index contributed by atoms with van der Waals surface area (Å²) < 4.78 is 0. The Labute approximate surface area is 138 Å². The molecule has 126 valence electrons. The van der Waals surface area contributed by atoms with Crippen molar-refractivity contribution in [1.29, 1.82) is 0 Å². The molecule has 3 rings (SSSR count). The molecule has 1 aliphatic heterocycles. The van der Waals surface area contributed by atoms with E-state index in [1.807, 2.05) is 6.07 Å². The number of carbonyl (C=O) groups excluding carboxylic acids is 1. The minimum absolute atomic E-state index is 0.0196. The van der Waals surface area contributed by atoms with Crippen LogP contribution in [0, 0.1) is 5.92 Å². The highest BCUT2D eigenvalue weighted by Gasteiger charge is 2.37. The number of hydrogen-bond acceptors (Lipinski definition) is 4. The molecule has 2 heterocycles. The minimum atomic E-state index is 0.0196. The van der Waals surface area contributed by atoms with Gasteiger partial charge in [-0.1, -0.05) is 20.8 Å². The van der Waals surface area contributed by atoms with Crippen LogP contribution < -0.4 is 5.32 Å². The Morgan fingerprint density at radius 2 is 1.87 bits per heavy atom. The molecule has 1 aromatic heterocycles. The molecule has 0 radical (unpaired) electrons. The van der Waals surface area contributed by atoms with Gasteiger partial charge in [-0.25, -0.2) is 9.97 Å². The summed E-state index contributed by atoms with van der Waals surface area (Å²) in [5.41, 5.74) is 1.06. The van der Waals surface area contributed by atoms with Crippen molar-refractivity contribution in [2.45, 2.75) is 64.3 Å². The van der Waals surface area contributed by atoms with Gasteiger partial charge in [0.1, 0.15) is 12.1 Å². The highest BCUT2D eigenvalue weighted by molar-refractivity contribution is 5.80. The van der Waals surface area contributed by atoms with Crippen molar-refractivity contribution >= 4 is 11.7 Å². The monoisotopic (exact) mass is 316 g/mol. The second kappa shape index (κ2) is 6.46. The summed E-state index contributed by atoms with van der Waals surface area (Å²) in [5, 5.41) is 3.46. The number of rotatable bonds is 3. The SMILES string of the molecule is CC(C)(C)c1cc(NC2CC(C(=O)N3CCCCC3)C2)ncn1. The van der Waals surface area contributed by atoms with Crippen LogP contribution in [0.5, 0.6) is 0 Å². The number of aromatic nitrogens is 2. The summed E-state index contributed by atoms with van der Waals surface area (Å²) >= 11 is 0. The van der Waals surface area contributed by atoms with E-state index in [4.69, 9.17) is 0 Å². The predicted octanol–water partition coefficient (Wildman–Crippen LogP) is 2.98. The van der Waals surface area contributed by atoms with Gasteiger partial charge in [-0.2, -0.15) is 0 Å². The maximum Gasteiger partial charge on any atom is 0.225 e. The van der Waals surface area contributed by atoms with Crippen LogP contribution >= 0.6 is 0 Å². The number of nitrogens with zero attached hydrogens (tertiary/aromatic N) is 3. The molecule has 2 fully saturated rings. The normalized spacial score (nSPS) is 24.9. The van der Waals surface area contributed by atoms with E-state index in [0.29, 0.717) is 11.9 Å². The molecular formula is C18H28N4O. The predicted molar refractivity (Wildman–Crippen MR) is 91.3 cm³/mol. The lowest BCUT2D eigenvalue weighted by Gasteiger charge is -2.39. The third-order valence-corrected chi connectivity index (χ3v) is 4.94. The zero-order chi connectivity index (χ0) is 16.4. The van der Waals surface area contributed by atoms with E-state index in [-0.39, 0.29) is 11.3 Å². The number of likely N-dealkylation sites (tertiary alicyclic amines) is 1. The minimum Gasteiger partial charge on any atom is -0.367 e. The van der Waals surface area contributed by atoms with E-state index < -0.39 is 0 Å². The van der Waals surface area contributed by atoms with Crippen LogP contribution in [0.4, 0.5) is 5.82 Å². The third kappa shape index (κ3) is 3.82. The van der Waals surface area contributed by atoms with Gasteiger partial charge in [0.25, 0.3) is 0 Å². The number of carbonyl (C=O) groups is 1. The van der Waals surface area contributed by atoms with E-state index in [0.717, 1.165) is 50.3 Å². The molecule has 2 aliphatic rings. The Kier molecular flexibility index (Phi) is 4.55. The van der Waals surface area contributed by atoms with Gasteiger partial charge in [-0.05, 0) is 32.1 Å². The summed E-state index contributed by atoms with van der Waals surface area (Å²) in [6.45, 7) is 8.35. The quantitative estimate of drug-likeness (QED) is 0.931. The molecule has 1 amide bonds. The summed E-state index contributed by atoms with van der Waals surface area (Å²) in [6, 6.07) is 2.39. The average molecular weight is 316 g/mol. The number of hydrogen-bond donors (Lipinski definition) is 1. The number of anilines is 1. The Balaban J connectivity index is 1.51. The van der Waals surface area contributed by atoms with Gasteiger partial charge in [0.15, 0.2) is 0 Å². The lowest BCUT2D eigenvalue weighted by Crippen LogP contribution is -2.47. The topological polar surface area (TPSA) is 58.1 Å². The zero-order valence-corrected chi connectivity index (χ0v) is 14.5. The first-order chi connectivity index (χ1) is 10.9. The van der Waals surface area contributed by atoms with Crippen LogP contribution in [0.3, 0.4) is 0 Å². The molecule has 1 saturated heterocycles. The van der Waals surface area contributed by atoms with Crippen molar-refractivity contribution in [3.63, 3.8) is 0 Å². The summed E-state index contributed by atoms with van der Waals surface area (Å²) in [6.07, 6.45) is 7.06. The van der Waals surface area contributed by atoms with Gasteiger partial charge in [0.05, 0.1) is 5.69 Å². The van der Waals surface area contributed by atoms with Crippen LogP contribution in [0.1, 0.15) is 58.6 Å². The fourth-order valence-electron chi connectivity index (χ4n) is 3.37. The molecule has 0 unspecified atom stereocenters. The number of piperidine rings is 1. The summed E-state index contributed by atoms with van der Waals surface area (Å²) in [5.74, 6) is 1.44. The van der Waals surface area contributed by atoms with Crippen molar-refractivity contribution in [3.05, 3.63) is 18.1 Å². The lowest BCUT2D eigenvalue weighted by molar-refractivity contribution is -0.139. The second-order valence-corrected chi connectivity index (χ2v) is 7.93. The first-order valence-corrected chi connectivity index (χ1v) is 8.81. The highest BCUT2D eigenvalue weighted by Crippen LogP contribution is 2.32. The van der Waals surface area contributed by atoms with Crippen LogP contribution in [-0.2, 0) is 10.2 Å². The van der Waals surface area contributed by atoms with Crippen molar-refractivity contribution in [2.24, 2.45) is 5.92 Å². The van der Waals surface area contributed by atoms with Crippen molar-refractivity contribution in [3.8, 4) is 0 Å². The first-order valence-electron chi connectivity index (χ1n) is 8.81. The van der Waals surface area contributed by atoms with Crippen molar-refractivity contribution in [2.75, 3.05) is 18.4 Å². The molecule has 5 nitrogen and oxygen atoms in total. The Bertz CT molecular complexity index is 554. The molecule has 0 spiro atoms. The van der Waals surface area contributed by atoms with Crippen LogP contribution in [0.25, 0.3) is 0 Å². The van der Waals surface area contributed by atoms with Gasteiger partial charge in [-0.3, -0.25) is 4.79 Å². The Hall–Kier alpha value is -1.65. The molecule has 23 heavy (non-hydrogen) atoms. The van der Waals surface area contributed by atoms with Crippen molar-refractivity contribution in [1.82, 2.24) is 14.9 Å². The van der Waals surface area contributed by atoms with E-state index in [9.17, 15) is 4.79 Å². The molecule has 1 saturated carbocycles. The Morgan fingerprint density at radius 1 is 1.17 bits per heavy atom. The Morgan fingerprint density at radius 3 is 2.52 bits per heavy atom. The second-order valence-electron chi connectivity index (χ2n) is 7.93. The molecular weight excluding hydrogens is 288 g/mol. The molecule has 0 bridgehead atoms. The first kappa shape index (κ1) is 16.2. The highest BCUT2D eigenvalue weighted by atomic mass is 16.2. The smallest absolute Gasteiger partial charge is 0.225 e. The maximum absolute atomic E-state index is 12.4. The third-order valence-electron chi connectivity index (χ3n) is 4.94. The van der Waals surface area contributed by atoms with Crippen LogP contribution in [0.2, 0.25) is 0 Å². The van der Waals surface area contributed by atoms with E-state index in [2.05, 4.69) is 41.0 Å². The molecule has 1 aliphatic carbocycles. The van der Waals surface area contributed by atoms with Gasteiger partial charge in [0, 0.05) is 36.5 Å². The zero-order valence-electron chi connectivity index (χ0n) is 14.5.